The molecule has 0 fully saturated rings. The van der Waals surface area contributed by atoms with E-state index in [0.29, 0.717) is 19.6 Å². The van der Waals surface area contributed by atoms with Gasteiger partial charge in [-0.05, 0) is 13.8 Å². The zero-order valence-electron chi connectivity index (χ0n) is 11.0. The van der Waals surface area contributed by atoms with E-state index in [1.807, 2.05) is 31.7 Å². The second-order valence-corrected chi connectivity index (χ2v) is 4.75. The quantitative estimate of drug-likeness (QED) is 0.748. The highest BCUT2D eigenvalue weighted by molar-refractivity contribution is 5.76. The Hall–Kier alpha value is -1.36. The lowest BCUT2D eigenvalue weighted by Gasteiger charge is -2.35. The number of likely N-dealkylation sites (N-methyl/N-ethyl adjacent to an activating group) is 1. The number of carbonyl (C=O) groups is 1. The van der Waals surface area contributed by atoms with Gasteiger partial charge in [-0.3, -0.25) is 4.79 Å². The fourth-order valence-electron chi connectivity index (χ4n) is 1.60. The smallest absolute Gasteiger partial charge is 0.224 e. The summed E-state index contributed by atoms with van der Waals surface area (Å²) in [5.41, 5.74) is -0.277. The molecule has 1 aromatic heterocycles. The number of amides is 1. The van der Waals surface area contributed by atoms with Crippen molar-refractivity contribution in [2.24, 2.45) is 0 Å². The zero-order chi connectivity index (χ0) is 12.9. The van der Waals surface area contributed by atoms with Gasteiger partial charge >= 0.3 is 0 Å². The maximum Gasteiger partial charge on any atom is 0.224 e. The van der Waals surface area contributed by atoms with E-state index in [0.717, 1.165) is 0 Å². The Bertz CT molecular complexity index is 347. The van der Waals surface area contributed by atoms with Crippen molar-refractivity contribution in [2.75, 3.05) is 20.8 Å². The summed E-state index contributed by atoms with van der Waals surface area (Å²) in [6.45, 7) is 5.17. The van der Waals surface area contributed by atoms with Gasteiger partial charge in [0.2, 0.25) is 5.91 Å². The zero-order valence-corrected chi connectivity index (χ0v) is 11.0. The Morgan fingerprint density at radius 2 is 2.24 bits per heavy atom. The van der Waals surface area contributed by atoms with E-state index in [1.165, 1.54) is 0 Å². The van der Waals surface area contributed by atoms with Gasteiger partial charge in [0, 0.05) is 39.5 Å². The molecular weight excluding hydrogens is 218 g/mol. The highest BCUT2D eigenvalue weighted by Gasteiger charge is 2.27. The summed E-state index contributed by atoms with van der Waals surface area (Å²) in [5.74, 6) is 0.112. The number of hydrogen-bond donors (Lipinski definition) is 0. The van der Waals surface area contributed by atoms with Gasteiger partial charge in [-0.1, -0.05) is 0 Å². The lowest BCUT2D eigenvalue weighted by Crippen LogP contribution is -2.48. The average Bonchev–Trinajstić information content (AvgIpc) is 2.77. The molecule has 96 valence electrons. The first-order valence-electron chi connectivity index (χ1n) is 5.68. The van der Waals surface area contributed by atoms with E-state index < -0.39 is 0 Å². The first kappa shape index (κ1) is 13.7. The molecule has 0 saturated carbocycles. The van der Waals surface area contributed by atoms with Gasteiger partial charge in [0.25, 0.3) is 0 Å². The third kappa shape index (κ3) is 3.85. The summed E-state index contributed by atoms with van der Waals surface area (Å²) < 4.78 is 7.02. The molecule has 0 radical (unpaired) electrons. The summed E-state index contributed by atoms with van der Waals surface area (Å²) in [6, 6.07) is 0. The lowest BCUT2D eigenvalue weighted by atomic mass is 10.0. The molecule has 1 heterocycles. The summed E-state index contributed by atoms with van der Waals surface area (Å²) in [5, 5.41) is 0. The summed E-state index contributed by atoms with van der Waals surface area (Å²) in [6.07, 6.45) is 5.75. The van der Waals surface area contributed by atoms with Gasteiger partial charge < -0.3 is 14.2 Å². The molecule has 0 bridgehead atoms. The van der Waals surface area contributed by atoms with Crippen molar-refractivity contribution in [3.63, 3.8) is 0 Å². The Morgan fingerprint density at radius 1 is 1.53 bits per heavy atom. The molecule has 5 nitrogen and oxygen atoms in total. The van der Waals surface area contributed by atoms with E-state index >= 15 is 0 Å². The molecule has 1 amide bonds. The monoisotopic (exact) mass is 239 g/mol. The largest absolute Gasteiger partial charge is 0.382 e. The van der Waals surface area contributed by atoms with Gasteiger partial charge in [-0.25, -0.2) is 4.98 Å². The van der Waals surface area contributed by atoms with Crippen LogP contribution in [0.4, 0.5) is 0 Å². The minimum Gasteiger partial charge on any atom is -0.382 e. The van der Waals surface area contributed by atoms with E-state index in [2.05, 4.69) is 4.98 Å². The minimum atomic E-state index is -0.277. The topological polar surface area (TPSA) is 47.4 Å². The molecule has 0 aromatic carbocycles. The van der Waals surface area contributed by atoms with E-state index in [9.17, 15) is 4.79 Å². The number of aryl methyl sites for hydroxylation is 1. The van der Waals surface area contributed by atoms with Crippen molar-refractivity contribution in [1.82, 2.24) is 14.5 Å². The van der Waals surface area contributed by atoms with Crippen LogP contribution in [0.15, 0.2) is 18.7 Å². The number of aromatic nitrogens is 2. The van der Waals surface area contributed by atoms with E-state index in [1.54, 1.807) is 24.5 Å². The Kier molecular flexibility index (Phi) is 4.69. The molecule has 0 saturated heterocycles. The van der Waals surface area contributed by atoms with E-state index in [-0.39, 0.29) is 11.4 Å². The highest BCUT2D eigenvalue weighted by Crippen LogP contribution is 2.14. The highest BCUT2D eigenvalue weighted by atomic mass is 16.5. The van der Waals surface area contributed by atoms with Crippen LogP contribution in [0.3, 0.4) is 0 Å². The third-order valence-electron chi connectivity index (χ3n) is 2.92. The van der Waals surface area contributed by atoms with Gasteiger partial charge in [-0.15, -0.1) is 0 Å². The Balaban J connectivity index is 2.46. The number of imidazole rings is 1. The number of ether oxygens (including phenoxy) is 1. The van der Waals surface area contributed by atoms with Crippen LogP contribution >= 0.6 is 0 Å². The van der Waals surface area contributed by atoms with Crippen molar-refractivity contribution >= 4 is 5.91 Å². The number of carbonyl (C=O) groups excluding carboxylic acids is 1. The summed E-state index contributed by atoms with van der Waals surface area (Å²) >= 11 is 0. The van der Waals surface area contributed by atoms with Crippen LogP contribution in [-0.2, 0) is 16.1 Å². The molecule has 0 aliphatic carbocycles. The number of rotatable bonds is 6. The molecule has 1 rings (SSSR count). The predicted octanol–water partition coefficient (Wildman–Crippen LogP) is 1.16. The molecular formula is C12H21N3O2. The van der Waals surface area contributed by atoms with Crippen LogP contribution in [-0.4, -0.2) is 46.7 Å². The van der Waals surface area contributed by atoms with Gasteiger partial charge in [-0.2, -0.15) is 0 Å². The van der Waals surface area contributed by atoms with Gasteiger partial charge in [0.1, 0.15) is 0 Å². The van der Waals surface area contributed by atoms with Crippen molar-refractivity contribution in [3.8, 4) is 0 Å². The van der Waals surface area contributed by atoms with Crippen molar-refractivity contribution in [2.45, 2.75) is 32.4 Å². The first-order valence-corrected chi connectivity index (χ1v) is 5.68. The first-order chi connectivity index (χ1) is 7.97. The fourth-order valence-corrected chi connectivity index (χ4v) is 1.60. The van der Waals surface area contributed by atoms with Crippen LogP contribution in [0.5, 0.6) is 0 Å². The van der Waals surface area contributed by atoms with Crippen molar-refractivity contribution in [1.29, 1.82) is 0 Å². The molecule has 0 unspecified atom stereocenters. The average molecular weight is 239 g/mol. The van der Waals surface area contributed by atoms with Crippen LogP contribution < -0.4 is 0 Å². The standard InChI is InChI=1S/C12H21N3O2/c1-12(2,9-17-4)14(3)11(16)5-7-15-8-6-13-10-15/h6,8,10H,5,7,9H2,1-4H3. The van der Waals surface area contributed by atoms with Crippen LogP contribution in [0.2, 0.25) is 0 Å². The number of hydrogen-bond acceptors (Lipinski definition) is 3. The summed E-state index contributed by atoms with van der Waals surface area (Å²) in [4.78, 5) is 17.7. The van der Waals surface area contributed by atoms with Crippen LogP contribution in [0.25, 0.3) is 0 Å². The maximum absolute atomic E-state index is 12.0. The SMILES string of the molecule is COCC(C)(C)N(C)C(=O)CCn1ccnc1. The summed E-state index contributed by atoms with van der Waals surface area (Å²) in [7, 11) is 3.46. The van der Waals surface area contributed by atoms with E-state index in [4.69, 9.17) is 4.74 Å². The molecule has 1 aromatic rings. The lowest BCUT2D eigenvalue weighted by molar-refractivity contribution is -0.136. The second kappa shape index (κ2) is 5.82. The molecule has 0 aliphatic heterocycles. The number of nitrogens with zero attached hydrogens (tertiary/aromatic N) is 3. The molecule has 0 aliphatic rings. The normalized spacial score (nSPS) is 11.5. The number of methoxy groups -OCH3 is 1. The third-order valence-corrected chi connectivity index (χ3v) is 2.92. The maximum atomic E-state index is 12.0. The minimum absolute atomic E-state index is 0.112. The second-order valence-electron chi connectivity index (χ2n) is 4.75. The molecule has 5 heteroatoms. The van der Waals surface area contributed by atoms with Gasteiger partial charge in [0.05, 0.1) is 18.5 Å². The molecule has 0 N–H and O–H groups in total. The van der Waals surface area contributed by atoms with Crippen molar-refractivity contribution in [3.05, 3.63) is 18.7 Å². The fraction of sp³-hybridized carbons (Fsp3) is 0.667. The van der Waals surface area contributed by atoms with Crippen LogP contribution in [0.1, 0.15) is 20.3 Å². The predicted molar refractivity (Wildman–Crippen MR) is 65.6 cm³/mol. The Morgan fingerprint density at radius 3 is 2.76 bits per heavy atom. The molecule has 17 heavy (non-hydrogen) atoms. The van der Waals surface area contributed by atoms with Crippen LogP contribution in [0, 0.1) is 0 Å². The van der Waals surface area contributed by atoms with Gasteiger partial charge in [0.15, 0.2) is 0 Å². The molecule has 0 atom stereocenters. The molecule has 0 spiro atoms. The van der Waals surface area contributed by atoms with Crippen molar-refractivity contribution < 1.29 is 9.53 Å². The Labute approximate surface area is 102 Å².